The van der Waals surface area contributed by atoms with E-state index in [4.69, 9.17) is 4.74 Å². The molecule has 28 heavy (non-hydrogen) atoms. The molecule has 2 aliphatic carbocycles. The lowest BCUT2D eigenvalue weighted by atomic mass is 9.67. The predicted octanol–water partition coefficient (Wildman–Crippen LogP) is 3.46. The zero-order valence-electron chi connectivity index (χ0n) is 15.0. The van der Waals surface area contributed by atoms with Crippen LogP contribution in [0.4, 0.5) is 18.9 Å². The number of nitrogens with one attached hydrogen (secondary N) is 1. The van der Waals surface area contributed by atoms with Gasteiger partial charge < -0.3 is 14.8 Å². The summed E-state index contributed by atoms with van der Waals surface area (Å²) in [7, 11) is 0. The molecular formula is C19H20F3NO5. The smallest absolute Gasteiger partial charge is 0.455 e. The first-order valence-corrected chi connectivity index (χ1v) is 9.07. The number of hydrogen-bond donors (Lipinski definition) is 1. The molecule has 0 unspecified atom stereocenters. The Hall–Kier alpha value is -2.58. The topological polar surface area (TPSA) is 81.7 Å². The molecule has 2 atom stereocenters. The third-order valence-corrected chi connectivity index (χ3v) is 5.10. The lowest BCUT2D eigenvalue weighted by Gasteiger charge is -2.36. The van der Waals surface area contributed by atoms with Crippen LogP contribution in [0.25, 0.3) is 0 Å². The SMILES string of the molecule is O=C(COC(=O)C1C[C@H]2CCC[C@H](C1)C2=O)Nc1ccc(OC(F)(F)F)cc1. The van der Waals surface area contributed by atoms with Crippen LogP contribution in [0, 0.1) is 17.8 Å². The molecule has 0 aromatic heterocycles. The van der Waals surface area contributed by atoms with Crippen molar-refractivity contribution in [2.45, 2.75) is 38.5 Å². The van der Waals surface area contributed by atoms with Gasteiger partial charge in [-0.2, -0.15) is 0 Å². The number of Topliss-reactive ketones (excluding diaryl/α,β-unsaturated/α-hetero) is 1. The molecule has 9 heteroatoms. The molecule has 2 saturated carbocycles. The third-order valence-electron chi connectivity index (χ3n) is 5.10. The van der Waals surface area contributed by atoms with Crippen molar-refractivity contribution >= 4 is 23.3 Å². The number of ether oxygens (including phenoxy) is 2. The lowest BCUT2D eigenvalue weighted by Crippen LogP contribution is -2.40. The third kappa shape index (κ3) is 5.24. The number of hydrogen-bond acceptors (Lipinski definition) is 5. The van der Waals surface area contributed by atoms with Crippen LogP contribution in [0.3, 0.4) is 0 Å². The Bertz CT molecular complexity index is 731. The van der Waals surface area contributed by atoms with Gasteiger partial charge in [-0.3, -0.25) is 14.4 Å². The normalized spacial score (nSPS) is 24.4. The number of carbonyl (C=O) groups excluding carboxylic acids is 3. The number of amides is 1. The highest BCUT2D eigenvalue weighted by Crippen LogP contribution is 2.40. The second-order valence-electron chi connectivity index (χ2n) is 7.12. The number of fused-ring (bicyclic) bond motifs is 2. The molecule has 1 aromatic carbocycles. The molecule has 0 aliphatic heterocycles. The fraction of sp³-hybridized carbons (Fsp3) is 0.526. The van der Waals surface area contributed by atoms with Gasteiger partial charge in [0.05, 0.1) is 5.92 Å². The van der Waals surface area contributed by atoms with Gasteiger partial charge in [0, 0.05) is 17.5 Å². The maximum Gasteiger partial charge on any atom is 0.573 e. The number of carbonyl (C=O) groups is 3. The van der Waals surface area contributed by atoms with Crippen LogP contribution in [0.1, 0.15) is 32.1 Å². The Morgan fingerprint density at radius 1 is 1.07 bits per heavy atom. The molecule has 2 fully saturated rings. The van der Waals surface area contributed by atoms with Gasteiger partial charge in [0.1, 0.15) is 11.5 Å². The zero-order chi connectivity index (χ0) is 20.3. The number of anilines is 1. The van der Waals surface area contributed by atoms with Crippen molar-refractivity contribution in [1.29, 1.82) is 0 Å². The number of benzene rings is 1. The second-order valence-corrected chi connectivity index (χ2v) is 7.12. The summed E-state index contributed by atoms with van der Waals surface area (Å²) in [4.78, 5) is 36.2. The Kier molecular flexibility index (Phi) is 5.90. The van der Waals surface area contributed by atoms with Crippen LogP contribution in [0.2, 0.25) is 0 Å². The van der Waals surface area contributed by atoms with Gasteiger partial charge in [-0.1, -0.05) is 6.42 Å². The number of halogens is 3. The quantitative estimate of drug-likeness (QED) is 0.767. The molecule has 2 bridgehead atoms. The molecule has 0 heterocycles. The van der Waals surface area contributed by atoms with Gasteiger partial charge >= 0.3 is 12.3 Å². The van der Waals surface area contributed by atoms with Crippen molar-refractivity contribution in [3.05, 3.63) is 24.3 Å². The second kappa shape index (κ2) is 8.20. The van der Waals surface area contributed by atoms with E-state index in [9.17, 15) is 27.6 Å². The fourth-order valence-electron chi connectivity index (χ4n) is 3.86. The molecule has 0 spiro atoms. The van der Waals surface area contributed by atoms with E-state index in [1.807, 2.05) is 0 Å². The average Bonchev–Trinajstić information content (AvgIpc) is 2.60. The van der Waals surface area contributed by atoms with Crippen molar-refractivity contribution in [2.24, 2.45) is 17.8 Å². The van der Waals surface area contributed by atoms with E-state index in [1.54, 1.807) is 0 Å². The van der Waals surface area contributed by atoms with Crippen LogP contribution in [-0.2, 0) is 19.1 Å². The highest BCUT2D eigenvalue weighted by Gasteiger charge is 2.41. The minimum absolute atomic E-state index is 0.0868. The monoisotopic (exact) mass is 399 g/mol. The summed E-state index contributed by atoms with van der Waals surface area (Å²) in [5.74, 6) is -1.81. The zero-order valence-corrected chi connectivity index (χ0v) is 15.0. The number of esters is 1. The van der Waals surface area contributed by atoms with Crippen LogP contribution >= 0.6 is 0 Å². The van der Waals surface area contributed by atoms with Crippen LogP contribution in [-0.4, -0.2) is 30.6 Å². The molecule has 2 aliphatic rings. The molecule has 6 nitrogen and oxygen atoms in total. The first kappa shape index (κ1) is 20.2. The molecule has 3 rings (SSSR count). The maximum absolute atomic E-state index is 12.2. The molecule has 0 radical (unpaired) electrons. The van der Waals surface area contributed by atoms with Crippen molar-refractivity contribution < 1.29 is 37.0 Å². The molecule has 1 aromatic rings. The Morgan fingerprint density at radius 3 is 2.25 bits per heavy atom. The summed E-state index contributed by atoms with van der Waals surface area (Å²) < 4.78 is 45.2. The maximum atomic E-state index is 12.2. The highest BCUT2D eigenvalue weighted by molar-refractivity contribution is 5.93. The molecular weight excluding hydrogens is 379 g/mol. The van der Waals surface area contributed by atoms with Gasteiger partial charge in [-0.15, -0.1) is 13.2 Å². The van der Waals surface area contributed by atoms with E-state index >= 15 is 0 Å². The van der Waals surface area contributed by atoms with Gasteiger partial charge in [-0.05, 0) is 49.9 Å². The minimum atomic E-state index is -4.79. The van der Waals surface area contributed by atoms with E-state index in [1.165, 1.54) is 12.1 Å². The van der Waals surface area contributed by atoms with E-state index in [2.05, 4.69) is 10.1 Å². The van der Waals surface area contributed by atoms with Crippen molar-refractivity contribution in [3.8, 4) is 5.75 Å². The fourth-order valence-corrected chi connectivity index (χ4v) is 3.86. The molecule has 0 saturated heterocycles. The summed E-state index contributed by atoms with van der Waals surface area (Å²) in [6, 6.07) is 4.61. The van der Waals surface area contributed by atoms with Crippen molar-refractivity contribution in [3.63, 3.8) is 0 Å². The van der Waals surface area contributed by atoms with E-state index in [-0.39, 0.29) is 29.2 Å². The number of ketones is 1. The van der Waals surface area contributed by atoms with E-state index in [0.717, 1.165) is 31.4 Å². The average molecular weight is 399 g/mol. The Labute approximate surface area is 159 Å². The Balaban J connectivity index is 1.45. The highest BCUT2D eigenvalue weighted by atomic mass is 19.4. The standard InChI is InChI=1S/C19H20F3NO5/c20-19(21,22)28-15-6-4-14(5-7-15)23-16(24)10-27-18(26)13-8-11-2-1-3-12(9-13)17(11)25/h4-7,11-13H,1-3,8-10H2,(H,23,24)/t11-,12-/m1/s1. The summed E-state index contributed by atoms with van der Waals surface area (Å²) in [6.07, 6.45) is -1.26. The minimum Gasteiger partial charge on any atom is -0.455 e. The molecule has 152 valence electrons. The summed E-state index contributed by atoms with van der Waals surface area (Å²) in [5.41, 5.74) is 0.244. The number of rotatable bonds is 5. The van der Waals surface area contributed by atoms with Crippen molar-refractivity contribution in [2.75, 3.05) is 11.9 Å². The molecule has 1 amide bonds. The van der Waals surface area contributed by atoms with Gasteiger partial charge in [0.25, 0.3) is 5.91 Å². The van der Waals surface area contributed by atoms with Gasteiger partial charge in [0.2, 0.25) is 0 Å². The van der Waals surface area contributed by atoms with Crippen LogP contribution < -0.4 is 10.1 Å². The van der Waals surface area contributed by atoms with Gasteiger partial charge in [-0.25, -0.2) is 0 Å². The lowest BCUT2D eigenvalue weighted by molar-refractivity contribution is -0.274. The van der Waals surface area contributed by atoms with Gasteiger partial charge in [0.15, 0.2) is 6.61 Å². The summed E-state index contributed by atoms with van der Waals surface area (Å²) in [5, 5.41) is 2.43. The Morgan fingerprint density at radius 2 is 1.68 bits per heavy atom. The summed E-state index contributed by atoms with van der Waals surface area (Å²) >= 11 is 0. The van der Waals surface area contributed by atoms with Crippen LogP contribution in [0.5, 0.6) is 5.75 Å². The van der Waals surface area contributed by atoms with Crippen molar-refractivity contribution in [1.82, 2.24) is 0 Å². The van der Waals surface area contributed by atoms with E-state index < -0.39 is 30.6 Å². The van der Waals surface area contributed by atoms with E-state index in [0.29, 0.717) is 12.8 Å². The summed E-state index contributed by atoms with van der Waals surface area (Å²) in [6.45, 7) is -0.501. The largest absolute Gasteiger partial charge is 0.573 e. The molecule has 1 N–H and O–H groups in total. The predicted molar refractivity (Wildman–Crippen MR) is 91.3 cm³/mol. The van der Waals surface area contributed by atoms with Crippen LogP contribution in [0.15, 0.2) is 24.3 Å². The first-order chi connectivity index (χ1) is 13.2. The number of alkyl halides is 3. The first-order valence-electron chi connectivity index (χ1n) is 9.07.